The summed E-state index contributed by atoms with van der Waals surface area (Å²) < 4.78 is 27.9. The summed E-state index contributed by atoms with van der Waals surface area (Å²) >= 11 is 0. The van der Waals surface area contributed by atoms with Crippen molar-refractivity contribution in [3.63, 3.8) is 0 Å². The molecular formula is C15H16F2NP. The SMILES string of the molecule is CC(C)NP(c1ccccc1F)c1ccccc1F. The molecule has 0 aromatic heterocycles. The predicted octanol–water partition coefficient (Wildman–Crippen LogP) is 3.31. The smallest absolute Gasteiger partial charge is 0.132 e. The highest BCUT2D eigenvalue weighted by Gasteiger charge is 2.21. The molecule has 0 aliphatic rings. The lowest BCUT2D eigenvalue weighted by molar-refractivity contribution is 0.633. The Balaban J connectivity index is 2.48. The Kier molecular flexibility index (Phi) is 4.62. The standard InChI is InChI=1S/C15H16F2NP/c1-11(2)18-19(14-9-5-3-7-12(14)16)15-10-6-4-8-13(15)17/h3-11,18H,1-2H3. The highest BCUT2D eigenvalue weighted by molar-refractivity contribution is 7.71. The van der Waals surface area contributed by atoms with Crippen molar-refractivity contribution in [1.82, 2.24) is 5.09 Å². The maximum Gasteiger partial charge on any atom is 0.132 e. The first-order valence-corrected chi connectivity index (χ1v) is 7.49. The number of rotatable bonds is 4. The summed E-state index contributed by atoms with van der Waals surface area (Å²) in [7, 11) is -1.23. The maximum absolute atomic E-state index is 14.0. The van der Waals surface area contributed by atoms with Crippen molar-refractivity contribution in [2.75, 3.05) is 0 Å². The van der Waals surface area contributed by atoms with E-state index in [1.54, 1.807) is 36.4 Å². The van der Waals surface area contributed by atoms with E-state index in [0.29, 0.717) is 10.6 Å². The molecule has 2 aromatic rings. The van der Waals surface area contributed by atoms with Crippen molar-refractivity contribution >= 4 is 18.7 Å². The van der Waals surface area contributed by atoms with Crippen molar-refractivity contribution in [1.29, 1.82) is 0 Å². The van der Waals surface area contributed by atoms with Crippen LogP contribution in [0.4, 0.5) is 8.78 Å². The van der Waals surface area contributed by atoms with E-state index in [9.17, 15) is 8.78 Å². The fraction of sp³-hybridized carbons (Fsp3) is 0.200. The van der Waals surface area contributed by atoms with Gasteiger partial charge >= 0.3 is 0 Å². The summed E-state index contributed by atoms with van der Waals surface area (Å²) in [6.45, 7) is 3.94. The van der Waals surface area contributed by atoms with Crippen LogP contribution in [0, 0.1) is 11.6 Å². The van der Waals surface area contributed by atoms with E-state index in [1.807, 2.05) is 13.8 Å². The molecule has 4 heteroatoms. The molecule has 0 aliphatic carbocycles. The normalized spacial score (nSPS) is 11.3. The largest absolute Gasteiger partial charge is 0.286 e. The van der Waals surface area contributed by atoms with Crippen LogP contribution in [0.5, 0.6) is 0 Å². The van der Waals surface area contributed by atoms with Crippen LogP contribution in [-0.2, 0) is 0 Å². The van der Waals surface area contributed by atoms with E-state index in [2.05, 4.69) is 5.09 Å². The average molecular weight is 279 g/mol. The van der Waals surface area contributed by atoms with Gasteiger partial charge in [-0.3, -0.25) is 5.09 Å². The van der Waals surface area contributed by atoms with Crippen molar-refractivity contribution in [2.24, 2.45) is 0 Å². The molecule has 0 unspecified atom stereocenters. The van der Waals surface area contributed by atoms with Crippen LogP contribution in [-0.4, -0.2) is 6.04 Å². The molecule has 0 saturated carbocycles. The van der Waals surface area contributed by atoms with Gasteiger partial charge in [-0.2, -0.15) is 0 Å². The highest BCUT2D eigenvalue weighted by atomic mass is 31.1. The molecule has 0 spiro atoms. The van der Waals surface area contributed by atoms with E-state index in [0.717, 1.165) is 0 Å². The molecule has 0 amide bonds. The first-order chi connectivity index (χ1) is 9.09. The minimum atomic E-state index is -1.23. The molecule has 0 fully saturated rings. The first kappa shape index (κ1) is 14.1. The van der Waals surface area contributed by atoms with Gasteiger partial charge in [0, 0.05) is 24.7 Å². The third-order valence-corrected chi connectivity index (χ3v) is 5.04. The van der Waals surface area contributed by atoms with Crippen molar-refractivity contribution < 1.29 is 8.78 Å². The average Bonchev–Trinajstić information content (AvgIpc) is 2.37. The van der Waals surface area contributed by atoms with Gasteiger partial charge < -0.3 is 0 Å². The van der Waals surface area contributed by atoms with Crippen LogP contribution in [0.1, 0.15) is 13.8 Å². The molecule has 0 heterocycles. The number of nitrogens with one attached hydrogen (secondary N) is 1. The quantitative estimate of drug-likeness (QED) is 0.847. The summed E-state index contributed by atoms with van der Waals surface area (Å²) in [4.78, 5) is 0. The lowest BCUT2D eigenvalue weighted by atomic mass is 10.3. The zero-order valence-corrected chi connectivity index (χ0v) is 11.8. The third kappa shape index (κ3) is 3.37. The molecule has 1 nitrogen and oxygen atoms in total. The number of hydrogen-bond acceptors (Lipinski definition) is 1. The zero-order chi connectivity index (χ0) is 13.8. The Bertz CT molecular complexity index is 512. The minimum absolute atomic E-state index is 0.144. The van der Waals surface area contributed by atoms with Gasteiger partial charge in [-0.05, 0) is 38.1 Å². The fourth-order valence-corrected chi connectivity index (χ4v) is 3.89. The van der Waals surface area contributed by atoms with Crippen LogP contribution in [0.3, 0.4) is 0 Å². The van der Waals surface area contributed by atoms with Gasteiger partial charge in [0.1, 0.15) is 11.6 Å². The second-order valence-corrected chi connectivity index (χ2v) is 6.41. The van der Waals surface area contributed by atoms with Crippen molar-refractivity contribution in [3.8, 4) is 0 Å². The van der Waals surface area contributed by atoms with E-state index >= 15 is 0 Å². The minimum Gasteiger partial charge on any atom is -0.286 e. The van der Waals surface area contributed by atoms with E-state index in [4.69, 9.17) is 0 Å². The lowest BCUT2D eigenvalue weighted by Crippen LogP contribution is -2.30. The number of benzene rings is 2. The van der Waals surface area contributed by atoms with Crippen LogP contribution in [0.25, 0.3) is 0 Å². The van der Waals surface area contributed by atoms with Crippen LogP contribution in [0.2, 0.25) is 0 Å². The van der Waals surface area contributed by atoms with E-state index in [1.165, 1.54) is 12.1 Å². The summed E-state index contributed by atoms with van der Waals surface area (Å²) in [5, 5.41) is 4.33. The summed E-state index contributed by atoms with van der Waals surface area (Å²) in [6.07, 6.45) is 0. The predicted molar refractivity (Wildman–Crippen MR) is 77.3 cm³/mol. The summed E-state index contributed by atoms with van der Waals surface area (Å²) in [6, 6.07) is 13.2. The lowest BCUT2D eigenvalue weighted by Gasteiger charge is -2.23. The molecule has 0 atom stereocenters. The molecule has 1 N–H and O–H groups in total. The Labute approximate surface area is 113 Å². The Morgan fingerprint density at radius 2 is 1.26 bits per heavy atom. The second kappa shape index (κ2) is 6.23. The van der Waals surface area contributed by atoms with Crippen LogP contribution >= 0.6 is 8.07 Å². The number of hydrogen-bond donors (Lipinski definition) is 1. The molecule has 2 rings (SSSR count). The molecule has 0 saturated heterocycles. The van der Waals surface area contributed by atoms with Crippen LogP contribution < -0.4 is 15.7 Å². The highest BCUT2D eigenvalue weighted by Crippen LogP contribution is 2.31. The van der Waals surface area contributed by atoms with Gasteiger partial charge in [-0.1, -0.05) is 24.3 Å². The zero-order valence-electron chi connectivity index (χ0n) is 10.9. The topological polar surface area (TPSA) is 12.0 Å². The van der Waals surface area contributed by atoms with Gasteiger partial charge in [-0.15, -0.1) is 0 Å². The second-order valence-electron chi connectivity index (χ2n) is 4.52. The van der Waals surface area contributed by atoms with Gasteiger partial charge in [0.15, 0.2) is 0 Å². The number of halogens is 2. The van der Waals surface area contributed by atoms with Crippen LogP contribution in [0.15, 0.2) is 48.5 Å². The third-order valence-electron chi connectivity index (χ3n) is 2.57. The van der Waals surface area contributed by atoms with E-state index in [-0.39, 0.29) is 17.7 Å². The van der Waals surface area contributed by atoms with Crippen molar-refractivity contribution in [3.05, 3.63) is 60.2 Å². The molecule has 0 radical (unpaired) electrons. The van der Waals surface area contributed by atoms with Gasteiger partial charge in [0.25, 0.3) is 0 Å². The Hall–Kier alpha value is -1.31. The molecule has 2 aromatic carbocycles. The molecule has 0 aliphatic heterocycles. The first-order valence-electron chi connectivity index (χ1n) is 6.15. The molecule has 19 heavy (non-hydrogen) atoms. The van der Waals surface area contributed by atoms with Gasteiger partial charge in [0.2, 0.25) is 0 Å². The Morgan fingerprint density at radius 1 is 0.842 bits per heavy atom. The van der Waals surface area contributed by atoms with Crippen molar-refractivity contribution in [2.45, 2.75) is 19.9 Å². The maximum atomic E-state index is 14.0. The van der Waals surface area contributed by atoms with E-state index < -0.39 is 8.07 Å². The summed E-state index contributed by atoms with van der Waals surface area (Å²) in [5.41, 5.74) is 0. The van der Waals surface area contributed by atoms with Gasteiger partial charge in [0.05, 0.1) is 0 Å². The Morgan fingerprint density at radius 3 is 1.63 bits per heavy atom. The fourth-order valence-electron chi connectivity index (χ4n) is 1.79. The van der Waals surface area contributed by atoms with Gasteiger partial charge in [-0.25, -0.2) is 8.78 Å². The molecule has 100 valence electrons. The summed E-state index contributed by atoms with van der Waals surface area (Å²) in [5.74, 6) is -0.602. The monoisotopic (exact) mass is 279 g/mol. The molecule has 0 bridgehead atoms. The molecular weight excluding hydrogens is 263 g/mol.